The first-order chi connectivity index (χ1) is 10.2. The second-order valence-electron chi connectivity index (χ2n) is 5.15. The summed E-state index contributed by atoms with van der Waals surface area (Å²) in [5.41, 5.74) is 2.56. The highest BCUT2D eigenvalue weighted by molar-refractivity contribution is 7.12. The minimum atomic E-state index is 0.168. The van der Waals surface area contributed by atoms with Gasteiger partial charge in [0.2, 0.25) is 0 Å². The molecule has 0 amide bonds. The Balaban J connectivity index is 1.97. The van der Waals surface area contributed by atoms with Crippen LogP contribution in [0.5, 0.6) is 0 Å². The van der Waals surface area contributed by atoms with Crippen molar-refractivity contribution in [2.75, 3.05) is 0 Å². The van der Waals surface area contributed by atoms with Gasteiger partial charge in [0, 0.05) is 32.8 Å². The number of ketones is 1. The number of fused-ring (bicyclic) bond motifs is 1. The van der Waals surface area contributed by atoms with Gasteiger partial charge < -0.3 is 0 Å². The summed E-state index contributed by atoms with van der Waals surface area (Å²) in [5, 5.41) is 0.945. The van der Waals surface area contributed by atoms with Crippen LogP contribution in [0.3, 0.4) is 0 Å². The molecule has 0 spiro atoms. The fraction of sp³-hybridized carbons (Fsp3) is 0.222. The van der Waals surface area contributed by atoms with Crippen molar-refractivity contribution in [2.45, 2.75) is 26.7 Å². The van der Waals surface area contributed by atoms with Crippen LogP contribution in [0.1, 0.15) is 32.7 Å². The summed E-state index contributed by atoms with van der Waals surface area (Å²) in [6, 6.07) is 13.9. The summed E-state index contributed by atoms with van der Waals surface area (Å²) in [7, 11) is 0. The lowest BCUT2D eigenvalue weighted by atomic mass is 10.0. The summed E-state index contributed by atoms with van der Waals surface area (Å²) >= 11 is 1.73. The third-order valence-electron chi connectivity index (χ3n) is 3.55. The first kappa shape index (κ1) is 14.0. The number of nitrogens with zero attached hydrogens (tertiary/aromatic N) is 1. The topological polar surface area (TPSA) is 30.0 Å². The van der Waals surface area contributed by atoms with Gasteiger partial charge in [-0.1, -0.05) is 25.1 Å². The second-order valence-corrected chi connectivity index (χ2v) is 6.40. The van der Waals surface area contributed by atoms with Gasteiger partial charge >= 0.3 is 0 Å². The van der Waals surface area contributed by atoms with E-state index >= 15 is 0 Å². The molecule has 1 aromatic carbocycles. The molecule has 0 aliphatic carbocycles. The average Bonchev–Trinajstić information content (AvgIpc) is 2.94. The first-order valence-corrected chi connectivity index (χ1v) is 7.96. The number of carbonyl (C=O) groups excluding carboxylic acids is 1. The van der Waals surface area contributed by atoms with Gasteiger partial charge in [0.05, 0.1) is 5.52 Å². The third kappa shape index (κ3) is 2.88. The SMILES string of the molecule is CCc1ccc(CC(=O)c2cc(C)nc3ccccc23)s1. The Bertz CT molecular complexity index is 804. The highest BCUT2D eigenvalue weighted by Gasteiger charge is 2.13. The van der Waals surface area contributed by atoms with E-state index in [-0.39, 0.29) is 5.78 Å². The van der Waals surface area contributed by atoms with E-state index in [1.807, 2.05) is 37.3 Å². The molecule has 0 N–H and O–H groups in total. The van der Waals surface area contributed by atoms with Crippen LogP contribution >= 0.6 is 11.3 Å². The number of benzene rings is 1. The van der Waals surface area contributed by atoms with E-state index in [0.29, 0.717) is 6.42 Å². The van der Waals surface area contributed by atoms with Crippen molar-refractivity contribution in [1.82, 2.24) is 4.98 Å². The molecule has 0 aliphatic heterocycles. The van der Waals surface area contributed by atoms with E-state index in [4.69, 9.17) is 0 Å². The van der Waals surface area contributed by atoms with Crippen molar-refractivity contribution < 1.29 is 4.79 Å². The van der Waals surface area contributed by atoms with Crippen molar-refractivity contribution >= 4 is 28.0 Å². The Hall–Kier alpha value is -2.00. The third-order valence-corrected chi connectivity index (χ3v) is 4.77. The van der Waals surface area contributed by atoms with Crippen LogP contribution in [0.15, 0.2) is 42.5 Å². The number of aryl methyl sites for hydroxylation is 2. The van der Waals surface area contributed by atoms with Gasteiger partial charge in [-0.3, -0.25) is 9.78 Å². The molecule has 0 bridgehead atoms. The molecule has 0 fully saturated rings. The quantitative estimate of drug-likeness (QED) is 0.659. The van der Waals surface area contributed by atoms with E-state index < -0.39 is 0 Å². The molecule has 2 nitrogen and oxygen atoms in total. The lowest BCUT2D eigenvalue weighted by Gasteiger charge is -2.06. The Labute approximate surface area is 128 Å². The zero-order valence-corrected chi connectivity index (χ0v) is 13.0. The van der Waals surface area contributed by atoms with Gasteiger partial charge in [-0.25, -0.2) is 0 Å². The summed E-state index contributed by atoms with van der Waals surface area (Å²) < 4.78 is 0. The summed E-state index contributed by atoms with van der Waals surface area (Å²) in [6.45, 7) is 4.07. The number of thiophene rings is 1. The molecule has 0 unspecified atom stereocenters. The van der Waals surface area contributed by atoms with Crippen LogP contribution in [-0.2, 0) is 12.8 Å². The number of para-hydroxylation sites is 1. The molecule has 21 heavy (non-hydrogen) atoms. The van der Waals surface area contributed by atoms with Crippen LogP contribution in [0.4, 0.5) is 0 Å². The number of rotatable bonds is 4. The van der Waals surface area contributed by atoms with Crippen LogP contribution in [0.2, 0.25) is 0 Å². The van der Waals surface area contributed by atoms with Gasteiger partial charge in [0.1, 0.15) is 0 Å². The Kier molecular flexibility index (Phi) is 3.84. The van der Waals surface area contributed by atoms with Crippen LogP contribution in [-0.4, -0.2) is 10.8 Å². The van der Waals surface area contributed by atoms with Crippen molar-refractivity contribution in [3.05, 3.63) is 63.5 Å². The predicted octanol–water partition coefficient (Wildman–Crippen LogP) is 4.59. The molecule has 3 rings (SSSR count). The number of hydrogen-bond acceptors (Lipinski definition) is 3. The lowest BCUT2D eigenvalue weighted by molar-refractivity contribution is 0.0995. The number of Topliss-reactive ketones (excluding diaryl/α,β-unsaturated/α-hetero) is 1. The molecular formula is C18H17NOS. The molecule has 0 atom stereocenters. The Morgan fingerprint density at radius 3 is 2.67 bits per heavy atom. The molecule has 2 heterocycles. The summed E-state index contributed by atoms with van der Waals surface area (Å²) in [4.78, 5) is 19.6. The van der Waals surface area contributed by atoms with Crippen molar-refractivity contribution in [3.8, 4) is 0 Å². The maximum atomic E-state index is 12.7. The minimum Gasteiger partial charge on any atom is -0.294 e. The fourth-order valence-corrected chi connectivity index (χ4v) is 3.46. The van der Waals surface area contributed by atoms with E-state index in [1.165, 1.54) is 4.88 Å². The normalized spacial score (nSPS) is 11.0. The molecule has 3 aromatic rings. The van der Waals surface area contributed by atoms with Crippen molar-refractivity contribution in [1.29, 1.82) is 0 Å². The fourth-order valence-electron chi connectivity index (χ4n) is 2.50. The van der Waals surface area contributed by atoms with E-state index in [2.05, 4.69) is 24.0 Å². The second kappa shape index (κ2) is 5.78. The zero-order chi connectivity index (χ0) is 14.8. The lowest BCUT2D eigenvalue weighted by Crippen LogP contribution is -2.04. The summed E-state index contributed by atoms with van der Waals surface area (Å²) in [5.74, 6) is 0.168. The molecule has 0 radical (unpaired) electrons. The molecule has 2 aromatic heterocycles. The van der Waals surface area contributed by atoms with Crippen LogP contribution in [0, 0.1) is 6.92 Å². The molecule has 0 saturated carbocycles. The molecule has 0 saturated heterocycles. The van der Waals surface area contributed by atoms with Gasteiger partial charge in [-0.15, -0.1) is 11.3 Å². The largest absolute Gasteiger partial charge is 0.294 e. The number of pyridine rings is 1. The van der Waals surface area contributed by atoms with Gasteiger partial charge in [0.25, 0.3) is 0 Å². The molecule has 3 heteroatoms. The number of aromatic nitrogens is 1. The highest BCUT2D eigenvalue weighted by atomic mass is 32.1. The van der Waals surface area contributed by atoms with Gasteiger partial charge in [-0.05, 0) is 37.6 Å². The van der Waals surface area contributed by atoms with Crippen molar-refractivity contribution in [3.63, 3.8) is 0 Å². The standard InChI is InChI=1S/C18H17NOS/c1-3-13-8-9-14(21-13)11-18(20)16-10-12(2)19-17-7-5-4-6-15(16)17/h4-10H,3,11H2,1-2H3. The Morgan fingerprint density at radius 2 is 1.90 bits per heavy atom. The molecular weight excluding hydrogens is 278 g/mol. The van der Waals surface area contributed by atoms with E-state index in [0.717, 1.165) is 33.5 Å². The maximum Gasteiger partial charge on any atom is 0.168 e. The number of carbonyl (C=O) groups is 1. The first-order valence-electron chi connectivity index (χ1n) is 7.14. The summed E-state index contributed by atoms with van der Waals surface area (Å²) in [6.07, 6.45) is 1.49. The van der Waals surface area contributed by atoms with E-state index in [1.54, 1.807) is 11.3 Å². The van der Waals surface area contributed by atoms with Crippen LogP contribution < -0.4 is 0 Å². The van der Waals surface area contributed by atoms with Crippen LogP contribution in [0.25, 0.3) is 10.9 Å². The predicted molar refractivity (Wildman–Crippen MR) is 88.2 cm³/mol. The smallest absolute Gasteiger partial charge is 0.168 e. The highest BCUT2D eigenvalue weighted by Crippen LogP contribution is 2.23. The van der Waals surface area contributed by atoms with E-state index in [9.17, 15) is 4.79 Å². The zero-order valence-electron chi connectivity index (χ0n) is 12.2. The minimum absolute atomic E-state index is 0.168. The monoisotopic (exact) mass is 295 g/mol. The van der Waals surface area contributed by atoms with Gasteiger partial charge in [-0.2, -0.15) is 0 Å². The maximum absolute atomic E-state index is 12.7. The number of hydrogen-bond donors (Lipinski definition) is 0. The Morgan fingerprint density at radius 1 is 1.14 bits per heavy atom. The molecule has 0 aliphatic rings. The average molecular weight is 295 g/mol. The molecule has 106 valence electrons. The van der Waals surface area contributed by atoms with Gasteiger partial charge in [0.15, 0.2) is 5.78 Å². The van der Waals surface area contributed by atoms with Crippen molar-refractivity contribution in [2.24, 2.45) is 0 Å².